The van der Waals surface area contributed by atoms with Gasteiger partial charge >= 0.3 is 5.97 Å². The van der Waals surface area contributed by atoms with Gasteiger partial charge in [-0.3, -0.25) is 9.59 Å². The van der Waals surface area contributed by atoms with Gasteiger partial charge in [-0.2, -0.15) is 0 Å². The van der Waals surface area contributed by atoms with Crippen LogP contribution in [0.1, 0.15) is 54.1 Å². The van der Waals surface area contributed by atoms with Gasteiger partial charge in [-0.1, -0.05) is 68.4 Å². The number of carbonyl (C=O) groups excluding carboxylic acids is 3. The molecule has 156 valence electrons. The summed E-state index contributed by atoms with van der Waals surface area (Å²) in [7, 11) is 0. The maximum absolute atomic E-state index is 12.8. The highest BCUT2D eigenvalue weighted by molar-refractivity contribution is 8.00. The first-order valence-corrected chi connectivity index (χ1v) is 11.2. The van der Waals surface area contributed by atoms with Gasteiger partial charge in [0.25, 0.3) is 0 Å². The summed E-state index contributed by atoms with van der Waals surface area (Å²) >= 11 is 1.61. The second-order valence-corrected chi connectivity index (χ2v) is 9.35. The molecule has 0 bridgehead atoms. The molecule has 0 aromatic heterocycles. The fourth-order valence-electron chi connectivity index (χ4n) is 4.19. The molecule has 0 radical (unpaired) electrons. The van der Waals surface area contributed by atoms with E-state index >= 15 is 0 Å². The van der Waals surface area contributed by atoms with Gasteiger partial charge in [0.1, 0.15) is 10.9 Å². The topological polar surface area (TPSA) is 63.7 Å². The number of amides is 1. The highest BCUT2D eigenvalue weighted by atomic mass is 32.2. The van der Waals surface area contributed by atoms with E-state index in [1.165, 1.54) is 0 Å². The summed E-state index contributed by atoms with van der Waals surface area (Å²) in [5.74, 6) is 0.0572. The Labute approximate surface area is 180 Å². The lowest BCUT2D eigenvalue weighted by Crippen LogP contribution is -2.47. The molecule has 2 fully saturated rings. The largest absolute Gasteiger partial charge is 0.456 e. The molecule has 6 heteroatoms. The van der Waals surface area contributed by atoms with Crippen molar-refractivity contribution in [1.29, 1.82) is 0 Å². The van der Waals surface area contributed by atoms with E-state index in [4.69, 9.17) is 4.74 Å². The Morgan fingerprint density at radius 1 is 1.13 bits per heavy atom. The predicted octanol–water partition coefficient (Wildman–Crippen LogP) is 4.13. The molecule has 2 saturated heterocycles. The lowest BCUT2D eigenvalue weighted by Gasteiger charge is -2.33. The van der Waals surface area contributed by atoms with E-state index in [-0.39, 0.29) is 18.3 Å². The molecule has 1 amide bonds. The molecule has 2 aromatic rings. The van der Waals surface area contributed by atoms with E-state index < -0.39 is 16.9 Å². The average Bonchev–Trinajstić information content (AvgIpc) is 3.32. The summed E-state index contributed by atoms with van der Waals surface area (Å²) in [6, 6.07) is 16.5. The Hall–Kier alpha value is -2.60. The van der Waals surface area contributed by atoms with Crippen LogP contribution in [-0.4, -0.2) is 41.0 Å². The highest BCUT2D eigenvalue weighted by Crippen LogP contribution is 2.54. The van der Waals surface area contributed by atoms with Crippen LogP contribution in [0.5, 0.6) is 0 Å². The summed E-state index contributed by atoms with van der Waals surface area (Å²) in [4.78, 5) is 39.1. The van der Waals surface area contributed by atoms with E-state index in [0.29, 0.717) is 30.1 Å². The van der Waals surface area contributed by atoms with Gasteiger partial charge in [0, 0.05) is 17.7 Å². The molecule has 5 nitrogen and oxygen atoms in total. The van der Waals surface area contributed by atoms with Crippen LogP contribution in [0.3, 0.4) is 0 Å². The molecule has 0 aliphatic carbocycles. The van der Waals surface area contributed by atoms with Crippen molar-refractivity contribution in [2.75, 3.05) is 12.4 Å². The van der Waals surface area contributed by atoms with Crippen molar-refractivity contribution < 1.29 is 19.1 Å². The van der Waals surface area contributed by atoms with Crippen molar-refractivity contribution in [2.24, 2.45) is 0 Å². The molecule has 4 rings (SSSR count). The van der Waals surface area contributed by atoms with Crippen LogP contribution in [-0.2, 0) is 19.2 Å². The highest BCUT2D eigenvalue weighted by Gasteiger charge is 2.57. The third kappa shape index (κ3) is 3.65. The van der Waals surface area contributed by atoms with Crippen LogP contribution in [0.2, 0.25) is 0 Å². The number of esters is 1. The van der Waals surface area contributed by atoms with Gasteiger partial charge in [-0.25, -0.2) is 4.79 Å². The van der Waals surface area contributed by atoms with Crippen LogP contribution in [0.25, 0.3) is 0 Å². The van der Waals surface area contributed by atoms with Gasteiger partial charge in [0.2, 0.25) is 5.91 Å². The minimum atomic E-state index is -0.665. The summed E-state index contributed by atoms with van der Waals surface area (Å²) in [6.07, 6.45) is 1.08. The number of carbonyl (C=O) groups is 3. The maximum Gasteiger partial charge on any atom is 0.330 e. The Balaban J connectivity index is 1.44. The molecular formula is C24H25NO4S. The fourth-order valence-corrected chi connectivity index (χ4v) is 5.82. The van der Waals surface area contributed by atoms with Crippen LogP contribution >= 0.6 is 11.8 Å². The normalized spacial score (nSPS) is 23.0. The SMILES string of the molecule is CC(C)c1ccc(C(=O)COC(=O)[C@H]2CS[C@]3(c4ccccc4)CCC(=O)N23)cc1. The number of ketones is 1. The Morgan fingerprint density at radius 2 is 1.83 bits per heavy atom. The zero-order valence-electron chi connectivity index (χ0n) is 17.2. The van der Waals surface area contributed by atoms with Crippen molar-refractivity contribution in [3.63, 3.8) is 0 Å². The molecule has 30 heavy (non-hydrogen) atoms. The van der Waals surface area contributed by atoms with Gasteiger partial charge in [0.05, 0.1) is 0 Å². The van der Waals surface area contributed by atoms with Crippen LogP contribution < -0.4 is 0 Å². The first-order valence-electron chi connectivity index (χ1n) is 10.2. The van der Waals surface area contributed by atoms with Crippen molar-refractivity contribution in [2.45, 2.75) is 43.5 Å². The molecule has 2 atom stereocenters. The first kappa shape index (κ1) is 20.7. The second-order valence-electron chi connectivity index (χ2n) is 8.05. The molecule has 2 heterocycles. The Bertz CT molecular complexity index is 957. The molecule has 2 aromatic carbocycles. The van der Waals surface area contributed by atoms with Crippen LogP contribution in [0, 0.1) is 0 Å². The molecule has 0 saturated carbocycles. The third-order valence-electron chi connectivity index (χ3n) is 5.87. The number of hydrogen-bond acceptors (Lipinski definition) is 5. The number of ether oxygens (including phenoxy) is 1. The van der Waals surface area contributed by atoms with Gasteiger partial charge < -0.3 is 9.64 Å². The zero-order chi connectivity index (χ0) is 21.3. The lowest BCUT2D eigenvalue weighted by molar-refractivity contribution is -0.152. The number of Topliss-reactive ketones (excluding diaryl/α,β-unsaturated/α-hetero) is 1. The number of benzene rings is 2. The van der Waals surface area contributed by atoms with E-state index in [0.717, 1.165) is 11.1 Å². The van der Waals surface area contributed by atoms with Crippen LogP contribution in [0.4, 0.5) is 0 Å². The average molecular weight is 424 g/mol. The van der Waals surface area contributed by atoms with Crippen molar-refractivity contribution >= 4 is 29.4 Å². The molecule has 0 spiro atoms. The van der Waals surface area contributed by atoms with Crippen molar-refractivity contribution in [3.05, 3.63) is 71.3 Å². The summed E-state index contributed by atoms with van der Waals surface area (Å²) in [5.41, 5.74) is 2.69. The fraction of sp³-hybridized carbons (Fsp3) is 0.375. The van der Waals surface area contributed by atoms with Gasteiger partial charge in [-0.15, -0.1) is 11.8 Å². The summed E-state index contributed by atoms with van der Waals surface area (Å²) in [5, 5.41) is 0. The Morgan fingerprint density at radius 3 is 2.50 bits per heavy atom. The summed E-state index contributed by atoms with van der Waals surface area (Å²) in [6.45, 7) is 3.86. The number of nitrogens with zero attached hydrogens (tertiary/aromatic N) is 1. The molecule has 0 N–H and O–H groups in total. The number of thioether (sulfide) groups is 1. The number of hydrogen-bond donors (Lipinski definition) is 0. The smallest absolute Gasteiger partial charge is 0.330 e. The van der Waals surface area contributed by atoms with Crippen LogP contribution in [0.15, 0.2) is 54.6 Å². The molecule has 0 unspecified atom stereocenters. The standard InChI is InChI=1S/C24H25NO4S/c1-16(2)17-8-10-18(11-9-17)21(26)14-29-23(28)20-15-30-24(13-12-22(27)25(20)24)19-6-4-3-5-7-19/h3-11,16,20H,12-15H2,1-2H3/t20-,24+/m1/s1. The quantitative estimate of drug-likeness (QED) is 0.516. The minimum Gasteiger partial charge on any atom is -0.456 e. The zero-order valence-corrected chi connectivity index (χ0v) is 18.0. The van der Waals surface area contributed by atoms with Crippen molar-refractivity contribution in [3.8, 4) is 0 Å². The van der Waals surface area contributed by atoms with E-state index in [2.05, 4.69) is 13.8 Å². The molecule has 2 aliphatic rings. The van der Waals surface area contributed by atoms with Gasteiger partial charge in [0.15, 0.2) is 12.4 Å². The first-order chi connectivity index (χ1) is 14.4. The maximum atomic E-state index is 12.8. The molecule has 2 aliphatic heterocycles. The van der Waals surface area contributed by atoms with E-state index in [1.807, 2.05) is 42.5 Å². The minimum absolute atomic E-state index is 0.0404. The number of fused-ring (bicyclic) bond motifs is 1. The monoisotopic (exact) mass is 423 g/mol. The predicted molar refractivity (Wildman–Crippen MR) is 116 cm³/mol. The van der Waals surface area contributed by atoms with Crippen molar-refractivity contribution in [1.82, 2.24) is 4.90 Å². The van der Waals surface area contributed by atoms with E-state index in [9.17, 15) is 14.4 Å². The second kappa shape index (κ2) is 8.26. The lowest BCUT2D eigenvalue weighted by atomic mass is 10.0. The molecular weight excluding hydrogens is 398 g/mol. The van der Waals surface area contributed by atoms with E-state index in [1.54, 1.807) is 28.8 Å². The Kier molecular flexibility index (Phi) is 5.69. The number of rotatable bonds is 6. The summed E-state index contributed by atoms with van der Waals surface area (Å²) < 4.78 is 5.36. The van der Waals surface area contributed by atoms with Gasteiger partial charge in [-0.05, 0) is 23.5 Å². The third-order valence-corrected chi connectivity index (χ3v) is 7.47.